The van der Waals surface area contributed by atoms with E-state index in [1.165, 1.54) is 0 Å². The number of likely N-dealkylation sites (N-methyl/N-ethyl adjacent to an activating group) is 1. The first kappa shape index (κ1) is 23.6. The number of halogens is 1. The minimum Gasteiger partial charge on any atom is -0.463 e. The lowest BCUT2D eigenvalue weighted by molar-refractivity contribution is 0.0664. The quantitative estimate of drug-likeness (QED) is 0.389. The van der Waals surface area contributed by atoms with Gasteiger partial charge in [0.25, 0.3) is 11.8 Å². The summed E-state index contributed by atoms with van der Waals surface area (Å²) in [7, 11) is 2.07. The van der Waals surface area contributed by atoms with Crippen LogP contribution in [0.1, 0.15) is 21.7 Å². The van der Waals surface area contributed by atoms with E-state index in [2.05, 4.69) is 32.2 Å². The van der Waals surface area contributed by atoms with Crippen LogP contribution in [-0.2, 0) is 6.54 Å². The molecule has 1 fully saturated rings. The van der Waals surface area contributed by atoms with E-state index >= 15 is 0 Å². The van der Waals surface area contributed by atoms with E-state index in [1.807, 2.05) is 36.1 Å². The number of amides is 1. The van der Waals surface area contributed by atoms with E-state index in [0.717, 1.165) is 31.7 Å². The van der Waals surface area contributed by atoms with Crippen molar-refractivity contribution in [3.8, 4) is 28.9 Å². The first-order chi connectivity index (χ1) is 17.5. The van der Waals surface area contributed by atoms with Gasteiger partial charge < -0.3 is 19.1 Å². The summed E-state index contributed by atoms with van der Waals surface area (Å²) in [6, 6.07) is 14.3. The smallest absolute Gasteiger partial charge is 0.297 e. The van der Waals surface area contributed by atoms with Crippen LogP contribution in [0.5, 0.6) is 5.75 Å². The Hall–Kier alpha value is -4.12. The predicted octanol–water partition coefficient (Wildman–Crippen LogP) is 3.05. The molecular formula is C25H26FN7O3. The second-order valence-electron chi connectivity index (χ2n) is 8.63. The van der Waals surface area contributed by atoms with Crippen molar-refractivity contribution in [3.63, 3.8) is 0 Å². The number of carbonyl (C=O) groups is 1. The fourth-order valence-electron chi connectivity index (χ4n) is 3.97. The average molecular weight is 492 g/mol. The van der Waals surface area contributed by atoms with Crippen molar-refractivity contribution >= 4 is 5.91 Å². The van der Waals surface area contributed by atoms with E-state index in [-0.39, 0.29) is 11.8 Å². The maximum Gasteiger partial charge on any atom is 0.297 e. The standard InChI is InChI=1S/C25H26FN7O3/c1-17-27-23(24-28-22(30-36-24)19-7-9-21(10-8-19)35-16-26)29-33(17)15-18-3-5-20(6-4-18)25(34)32-13-11-31(2)12-14-32/h3-10H,11-16H2,1-2H3. The molecule has 36 heavy (non-hydrogen) atoms. The highest BCUT2D eigenvalue weighted by Gasteiger charge is 2.21. The number of carbonyl (C=O) groups excluding carboxylic acids is 1. The summed E-state index contributed by atoms with van der Waals surface area (Å²) in [6.07, 6.45) is 0. The second-order valence-corrected chi connectivity index (χ2v) is 8.63. The number of ether oxygens (including phenoxy) is 1. The van der Waals surface area contributed by atoms with Crippen LogP contribution < -0.4 is 4.74 Å². The van der Waals surface area contributed by atoms with Crippen LogP contribution in [0.4, 0.5) is 4.39 Å². The van der Waals surface area contributed by atoms with E-state index < -0.39 is 6.86 Å². The summed E-state index contributed by atoms with van der Waals surface area (Å²) in [5.74, 6) is 2.06. The SMILES string of the molecule is Cc1nc(-c2nc(-c3ccc(OCF)cc3)no2)nn1Cc1ccc(C(=O)N2CCN(C)CC2)cc1. The summed E-state index contributed by atoms with van der Waals surface area (Å²) in [6.45, 7) is 4.71. The maximum absolute atomic E-state index is 12.8. The van der Waals surface area contributed by atoms with E-state index in [9.17, 15) is 9.18 Å². The van der Waals surface area contributed by atoms with Gasteiger partial charge in [-0.3, -0.25) is 4.79 Å². The highest BCUT2D eigenvalue weighted by atomic mass is 19.1. The molecule has 0 bridgehead atoms. The van der Waals surface area contributed by atoms with Crippen LogP contribution in [-0.4, -0.2) is 80.7 Å². The highest BCUT2D eigenvalue weighted by molar-refractivity contribution is 5.94. The number of rotatable bonds is 7. The zero-order chi connectivity index (χ0) is 25.1. The molecule has 0 saturated carbocycles. The van der Waals surface area contributed by atoms with Crippen molar-refractivity contribution in [2.24, 2.45) is 0 Å². The molecular weight excluding hydrogens is 465 g/mol. The minimum absolute atomic E-state index is 0.0608. The number of aryl methyl sites for hydroxylation is 1. The number of hydrogen-bond donors (Lipinski definition) is 0. The Bertz CT molecular complexity index is 1330. The van der Waals surface area contributed by atoms with E-state index in [0.29, 0.717) is 40.9 Å². The van der Waals surface area contributed by atoms with E-state index in [1.54, 1.807) is 28.9 Å². The molecule has 2 aromatic carbocycles. The largest absolute Gasteiger partial charge is 0.463 e. The van der Waals surface area contributed by atoms with Gasteiger partial charge in [0.1, 0.15) is 11.6 Å². The van der Waals surface area contributed by atoms with Crippen molar-refractivity contribution in [3.05, 3.63) is 65.5 Å². The predicted molar refractivity (Wildman–Crippen MR) is 129 cm³/mol. The summed E-state index contributed by atoms with van der Waals surface area (Å²) in [4.78, 5) is 25.8. The van der Waals surface area contributed by atoms with Crippen LogP contribution >= 0.6 is 0 Å². The average Bonchev–Trinajstić information content (AvgIpc) is 3.52. The normalized spacial score (nSPS) is 14.2. The number of piperazine rings is 1. The molecule has 186 valence electrons. The highest BCUT2D eigenvalue weighted by Crippen LogP contribution is 2.23. The third kappa shape index (κ3) is 5.10. The molecule has 0 aliphatic carbocycles. The maximum atomic E-state index is 12.8. The lowest BCUT2D eigenvalue weighted by Crippen LogP contribution is -2.47. The molecule has 2 aromatic heterocycles. The van der Waals surface area contributed by atoms with Gasteiger partial charge in [-0.15, -0.1) is 5.10 Å². The van der Waals surface area contributed by atoms with Crippen LogP contribution in [0.25, 0.3) is 23.1 Å². The van der Waals surface area contributed by atoms with Gasteiger partial charge in [0.2, 0.25) is 18.5 Å². The topological polar surface area (TPSA) is 102 Å². The molecule has 0 atom stereocenters. The first-order valence-corrected chi connectivity index (χ1v) is 11.6. The van der Waals surface area contributed by atoms with Crippen LogP contribution in [0.2, 0.25) is 0 Å². The molecule has 11 heteroatoms. The minimum atomic E-state index is -0.891. The van der Waals surface area contributed by atoms with Gasteiger partial charge in [-0.2, -0.15) is 4.98 Å². The number of alkyl halides is 1. The molecule has 4 aromatic rings. The monoisotopic (exact) mass is 491 g/mol. The molecule has 10 nitrogen and oxygen atoms in total. The molecule has 3 heterocycles. The first-order valence-electron chi connectivity index (χ1n) is 11.6. The Labute approximate surface area is 207 Å². The lowest BCUT2D eigenvalue weighted by Gasteiger charge is -2.32. The number of nitrogens with zero attached hydrogens (tertiary/aromatic N) is 7. The zero-order valence-corrected chi connectivity index (χ0v) is 20.1. The second kappa shape index (κ2) is 10.2. The van der Waals surface area contributed by atoms with Crippen molar-refractivity contribution in [2.45, 2.75) is 13.5 Å². The Morgan fingerprint density at radius 3 is 2.42 bits per heavy atom. The molecule has 1 aliphatic rings. The fraction of sp³-hybridized carbons (Fsp3) is 0.320. The van der Waals surface area contributed by atoms with Gasteiger partial charge in [0.05, 0.1) is 6.54 Å². The fourth-order valence-corrected chi connectivity index (χ4v) is 3.97. The van der Waals surface area contributed by atoms with Crippen LogP contribution in [0, 0.1) is 6.92 Å². The Morgan fingerprint density at radius 1 is 1.00 bits per heavy atom. The van der Waals surface area contributed by atoms with Gasteiger partial charge in [-0.25, -0.2) is 14.1 Å². The van der Waals surface area contributed by atoms with Crippen molar-refractivity contribution in [1.29, 1.82) is 0 Å². The Morgan fingerprint density at radius 2 is 1.72 bits per heavy atom. The molecule has 1 amide bonds. The third-order valence-corrected chi connectivity index (χ3v) is 6.13. The summed E-state index contributed by atoms with van der Waals surface area (Å²) >= 11 is 0. The third-order valence-electron chi connectivity index (χ3n) is 6.13. The van der Waals surface area contributed by atoms with Gasteiger partial charge >= 0.3 is 0 Å². The molecule has 5 rings (SSSR count). The molecule has 0 N–H and O–H groups in total. The van der Waals surface area contributed by atoms with Crippen molar-refractivity contribution in [1.82, 2.24) is 34.7 Å². The Balaban J connectivity index is 1.26. The summed E-state index contributed by atoms with van der Waals surface area (Å²) in [5.41, 5.74) is 2.37. The van der Waals surface area contributed by atoms with Crippen LogP contribution in [0.15, 0.2) is 53.1 Å². The van der Waals surface area contributed by atoms with Crippen molar-refractivity contribution < 1.29 is 18.4 Å². The molecule has 0 radical (unpaired) electrons. The lowest BCUT2D eigenvalue weighted by atomic mass is 10.1. The zero-order valence-electron chi connectivity index (χ0n) is 20.1. The number of benzene rings is 2. The van der Waals surface area contributed by atoms with Gasteiger partial charge in [-0.05, 0) is 55.9 Å². The van der Waals surface area contributed by atoms with Gasteiger partial charge in [0, 0.05) is 37.3 Å². The summed E-state index contributed by atoms with van der Waals surface area (Å²) < 4.78 is 24.2. The molecule has 1 saturated heterocycles. The van der Waals surface area contributed by atoms with Gasteiger partial charge in [-0.1, -0.05) is 17.3 Å². The molecule has 0 unspecified atom stereocenters. The van der Waals surface area contributed by atoms with Crippen LogP contribution in [0.3, 0.4) is 0 Å². The Kier molecular flexibility index (Phi) is 6.72. The van der Waals surface area contributed by atoms with Gasteiger partial charge in [0.15, 0.2) is 0 Å². The summed E-state index contributed by atoms with van der Waals surface area (Å²) in [5, 5.41) is 8.53. The number of aromatic nitrogens is 5. The molecule has 0 spiro atoms. The molecule has 1 aliphatic heterocycles. The van der Waals surface area contributed by atoms with Crippen molar-refractivity contribution in [2.75, 3.05) is 40.1 Å². The van der Waals surface area contributed by atoms with E-state index in [4.69, 9.17) is 9.26 Å². The number of hydrogen-bond acceptors (Lipinski definition) is 8.